The minimum atomic E-state index is -0.646. The van der Waals surface area contributed by atoms with E-state index in [2.05, 4.69) is 15.2 Å². The van der Waals surface area contributed by atoms with Gasteiger partial charge < -0.3 is 15.1 Å². The summed E-state index contributed by atoms with van der Waals surface area (Å²) in [5.41, 5.74) is 1.35. The molecule has 4 nitrogen and oxygen atoms in total. The summed E-state index contributed by atoms with van der Waals surface area (Å²) >= 11 is 5.51. The average Bonchev–Trinajstić information content (AvgIpc) is 2.54. The Hall–Kier alpha value is -2.12. The second-order valence-corrected chi connectivity index (χ2v) is 6.43. The standard InChI is InChI=1S/C18H22F2N4S/c1-13(14-4-6-21-7-5-14)24(9-8-23(2)3)18(25)22-17-11-15(19)10-16(20)12-17/h4-7,10-13H,8-9H2,1-3H3,(H,22,25). The molecule has 0 radical (unpaired) electrons. The maximum Gasteiger partial charge on any atom is 0.173 e. The fourth-order valence-corrected chi connectivity index (χ4v) is 2.79. The zero-order chi connectivity index (χ0) is 18.4. The van der Waals surface area contributed by atoms with E-state index in [1.54, 1.807) is 12.4 Å². The summed E-state index contributed by atoms with van der Waals surface area (Å²) in [4.78, 5) is 8.08. The smallest absolute Gasteiger partial charge is 0.173 e. The Morgan fingerprint density at radius 3 is 2.28 bits per heavy atom. The first-order valence-electron chi connectivity index (χ1n) is 7.95. The van der Waals surface area contributed by atoms with Crippen LogP contribution in [0.25, 0.3) is 0 Å². The number of likely N-dealkylation sites (N-methyl/N-ethyl adjacent to an activating group) is 1. The fourth-order valence-electron chi connectivity index (χ4n) is 2.42. The maximum absolute atomic E-state index is 13.4. The van der Waals surface area contributed by atoms with Crippen molar-refractivity contribution in [2.24, 2.45) is 0 Å². The summed E-state index contributed by atoms with van der Waals surface area (Å²) in [7, 11) is 3.96. The monoisotopic (exact) mass is 364 g/mol. The molecule has 0 amide bonds. The van der Waals surface area contributed by atoms with Crippen molar-refractivity contribution in [3.63, 3.8) is 0 Å². The molecule has 1 heterocycles. The molecule has 25 heavy (non-hydrogen) atoms. The molecule has 1 N–H and O–H groups in total. The Morgan fingerprint density at radius 2 is 1.72 bits per heavy atom. The molecule has 0 aliphatic carbocycles. The summed E-state index contributed by atoms with van der Waals surface area (Å²) in [6.45, 7) is 3.49. The van der Waals surface area contributed by atoms with Gasteiger partial charge in [-0.3, -0.25) is 4.98 Å². The Bertz CT molecular complexity index is 689. The highest BCUT2D eigenvalue weighted by atomic mass is 32.1. The van der Waals surface area contributed by atoms with Crippen LogP contribution in [0.1, 0.15) is 18.5 Å². The molecule has 0 spiro atoms. The van der Waals surface area contributed by atoms with Crippen LogP contribution in [0, 0.1) is 11.6 Å². The van der Waals surface area contributed by atoms with Crippen LogP contribution in [0.4, 0.5) is 14.5 Å². The predicted octanol–water partition coefficient (Wildman–Crippen LogP) is 3.68. The normalized spacial score (nSPS) is 12.1. The van der Waals surface area contributed by atoms with Crippen LogP contribution in [0.5, 0.6) is 0 Å². The van der Waals surface area contributed by atoms with Gasteiger partial charge in [0.2, 0.25) is 0 Å². The van der Waals surface area contributed by atoms with Crippen molar-refractivity contribution in [2.75, 3.05) is 32.5 Å². The Morgan fingerprint density at radius 1 is 1.12 bits per heavy atom. The molecule has 7 heteroatoms. The molecule has 134 valence electrons. The summed E-state index contributed by atoms with van der Waals surface area (Å²) in [5.74, 6) is -1.29. The van der Waals surface area contributed by atoms with Gasteiger partial charge in [0.15, 0.2) is 5.11 Å². The molecule has 0 bridgehead atoms. The van der Waals surface area contributed by atoms with Gasteiger partial charge >= 0.3 is 0 Å². The van der Waals surface area contributed by atoms with E-state index >= 15 is 0 Å². The number of hydrogen-bond donors (Lipinski definition) is 1. The van der Waals surface area contributed by atoms with Gasteiger partial charge in [0.25, 0.3) is 0 Å². The van der Waals surface area contributed by atoms with Gasteiger partial charge in [0.1, 0.15) is 11.6 Å². The lowest BCUT2D eigenvalue weighted by Gasteiger charge is -2.33. The number of pyridine rings is 1. The number of hydrogen-bond acceptors (Lipinski definition) is 3. The van der Waals surface area contributed by atoms with E-state index < -0.39 is 11.6 Å². The van der Waals surface area contributed by atoms with Crippen molar-refractivity contribution in [3.8, 4) is 0 Å². The molecule has 2 rings (SSSR count). The molecule has 0 fully saturated rings. The zero-order valence-electron chi connectivity index (χ0n) is 14.5. The number of nitrogens with zero attached hydrogens (tertiary/aromatic N) is 3. The number of anilines is 1. The molecule has 1 unspecified atom stereocenters. The summed E-state index contributed by atoms with van der Waals surface area (Å²) in [6, 6.07) is 7.11. The lowest BCUT2D eigenvalue weighted by atomic mass is 10.1. The summed E-state index contributed by atoms with van der Waals surface area (Å²) < 4.78 is 26.8. The van der Waals surface area contributed by atoms with Crippen LogP contribution in [0.2, 0.25) is 0 Å². The lowest BCUT2D eigenvalue weighted by molar-refractivity contribution is 0.289. The highest BCUT2D eigenvalue weighted by molar-refractivity contribution is 7.80. The van der Waals surface area contributed by atoms with E-state index in [0.29, 0.717) is 17.3 Å². The minimum absolute atomic E-state index is 0.0126. The number of thiocarbonyl (C=S) groups is 1. The third kappa shape index (κ3) is 5.72. The average molecular weight is 364 g/mol. The topological polar surface area (TPSA) is 31.4 Å². The molecule has 1 aromatic carbocycles. The highest BCUT2D eigenvalue weighted by Crippen LogP contribution is 2.21. The van der Waals surface area contributed by atoms with Crippen LogP contribution in [-0.4, -0.2) is 47.1 Å². The number of halogens is 2. The van der Waals surface area contributed by atoms with E-state index in [0.717, 1.165) is 18.2 Å². The van der Waals surface area contributed by atoms with Gasteiger partial charge in [-0.15, -0.1) is 0 Å². The number of aromatic nitrogens is 1. The van der Waals surface area contributed by atoms with Crippen molar-refractivity contribution in [1.82, 2.24) is 14.8 Å². The molecule has 0 saturated carbocycles. The molecular formula is C18H22F2N4S. The number of rotatable bonds is 6. The fraction of sp³-hybridized carbons (Fsp3) is 0.333. The van der Waals surface area contributed by atoms with E-state index in [1.165, 1.54) is 12.1 Å². The van der Waals surface area contributed by atoms with E-state index in [-0.39, 0.29) is 6.04 Å². The highest BCUT2D eigenvalue weighted by Gasteiger charge is 2.19. The van der Waals surface area contributed by atoms with Crippen molar-refractivity contribution < 1.29 is 8.78 Å². The van der Waals surface area contributed by atoms with Gasteiger partial charge in [-0.05, 0) is 63.1 Å². The van der Waals surface area contributed by atoms with Crippen LogP contribution in [0.3, 0.4) is 0 Å². The second-order valence-electron chi connectivity index (χ2n) is 6.04. The first-order chi connectivity index (χ1) is 11.9. The minimum Gasteiger partial charge on any atom is -0.341 e. The number of benzene rings is 1. The lowest BCUT2D eigenvalue weighted by Crippen LogP contribution is -2.41. The van der Waals surface area contributed by atoms with Gasteiger partial charge in [0.05, 0.1) is 6.04 Å². The van der Waals surface area contributed by atoms with Gasteiger partial charge in [-0.1, -0.05) is 0 Å². The number of nitrogens with one attached hydrogen (secondary N) is 1. The van der Waals surface area contributed by atoms with Crippen LogP contribution in [-0.2, 0) is 0 Å². The zero-order valence-corrected chi connectivity index (χ0v) is 15.4. The maximum atomic E-state index is 13.4. The molecule has 2 aromatic rings. The van der Waals surface area contributed by atoms with Crippen LogP contribution in [0.15, 0.2) is 42.7 Å². The van der Waals surface area contributed by atoms with E-state index in [1.807, 2.05) is 38.1 Å². The first-order valence-corrected chi connectivity index (χ1v) is 8.36. The van der Waals surface area contributed by atoms with E-state index in [4.69, 9.17) is 12.2 Å². The largest absolute Gasteiger partial charge is 0.341 e. The Kier molecular flexibility index (Phi) is 6.78. The second kappa shape index (κ2) is 8.82. The van der Waals surface area contributed by atoms with Crippen LogP contribution >= 0.6 is 12.2 Å². The van der Waals surface area contributed by atoms with E-state index in [9.17, 15) is 8.78 Å². The van der Waals surface area contributed by atoms with Crippen molar-refractivity contribution in [2.45, 2.75) is 13.0 Å². The molecule has 0 aliphatic heterocycles. The quantitative estimate of drug-likeness (QED) is 0.791. The van der Waals surface area contributed by atoms with Gasteiger partial charge in [-0.2, -0.15) is 0 Å². The molecule has 1 atom stereocenters. The third-order valence-electron chi connectivity index (χ3n) is 3.82. The van der Waals surface area contributed by atoms with Crippen molar-refractivity contribution >= 4 is 23.0 Å². The predicted molar refractivity (Wildman–Crippen MR) is 100 cm³/mol. The molecule has 0 saturated heterocycles. The molecular weight excluding hydrogens is 342 g/mol. The van der Waals surface area contributed by atoms with Crippen molar-refractivity contribution in [1.29, 1.82) is 0 Å². The Balaban J connectivity index is 2.19. The van der Waals surface area contributed by atoms with Crippen LogP contribution < -0.4 is 5.32 Å². The van der Waals surface area contributed by atoms with Gasteiger partial charge in [0, 0.05) is 37.2 Å². The molecule has 0 aliphatic rings. The van der Waals surface area contributed by atoms with Crippen molar-refractivity contribution in [3.05, 3.63) is 59.9 Å². The molecule has 1 aromatic heterocycles. The SMILES string of the molecule is CC(c1ccncc1)N(CCN(C)C)C(=S)Nc1cc(F)cc(F)c1. The first kappa shape index (κ1) is 19.2. The summed E-state index contributed by atoms with van der Waals surface area (Å²) in [5, 5.41) is 3.35. The third-order valence-corrected chi connectivity index (χ3v) is 4.16. The Labute approximate surface area is 152 Å². The summed E-state index contributed by atoms with van der Waals surface area (Å²) in [6.07, 6.45) is 3.46. The van der Waals surface area contributed by atoms with Gasteiger partial charge in [-0.25, -0.2) is 8.78 Å².